The van der Waals surface area contributed by atoms with Crippen LogP contribution in [0.15, 0.2) is 17.5 Å². The van der Waals surface area contributed by atoms with Crippen molar-refractivity contribution in [2.45, 2.75) is 32.9 Å². The molecule has 108 valence electrons. The summed E-state index contributed by atoms with van der Waals surface area (Å²) in [6.07, 6.45) is 1.17. The number of nitrogens with one attached hydrogen (secondary N) is 1. The van der Waals surface area contributed by atoms with Crippen LogP contribution in [0.1, 0.15) is 25.1 Å². The fourth-order valence-corrected chi connectivity index (χ4v) is 3.47. The third kappa shape index (κ3) is 4.56. The maximum absolute atomic E-state index is 5.66. The molecule has 1 aromatic rings. The minimum Gasteiger partial charge on any atom is -0.381 e. The molecule has 19 heavy (non-hydrogen) atoms. The molecule has 1 saturated heterocycles. The molecule has 4 heteroatoms. The molecule has 0 aromatic carbocycles. The Morgan fingerprint density at radius 3 is 2.95 bits per heavy atom. The summed E-state index contributed by atoms with van der Waals surface area (Å²) in [5, 5.41) is 5.74. The van der Waals surface area contributed by atoms with Gasteiger partial charge in [-0.05, 0) is 24.9 Å². The molecule has 0 amide bonds. The molecule has 0 spiro atoms. The molecule has 1 atom stereocenters. The van der Waals surface area contributed by atoms with Gasteiger partial charge in [-0.2, -0.15) is 0 Å². The summed E-state index contributed by atoms with van der Waals surface area (Å²) < 4.78 is 5.66. The lowest BCUT2D eigenvalue weighted by Crippen LogP contribution is -2.45. The molecule has 0 aliphatic carbocycles. The highest BCUT2D eigenvalue weighted by Gasteiger charge is 2.35. The monoisotopic (exact) mass is 282 g/mol. The van der Waals surface area contributed by atoms with E-state index in [0.29, 0.717) is 6.04 Å². The van der Waals surface area contributed by atoms with Gasteiger partial charge >= 0.3 is 0 Å². The Labute approximate surface area is 121 Å². The third-order valence-electron chi connectivity index (χ3n) is 3.68. The van der Waals surface area contributed by atoms with Crippen molar-refractivity contribution in [1.82, 2.24) is 10.2 Å². The smallest absolute Gasteiger partial charge is 0.0547 e. The van der Waals surface area contributed by atoms with E-state index in [4.69, 9.17) is 4.74 Å². The molecule has 1 aromatic heterocycles. The molecule has 1 fully saturated rings. The maximum atomic E-state index is 5.66. The Hall–Kier alpha value is -0.420. The molecule has 2 heterocycles. The van der Waals surface area contributed by atoms with Crippen molar-refractivity contribution in [3.63, 3.8) is 0 Å². The largest absolute Gasteiger partial charge is 0.381 e. The second kappa shape index (κ2) is 6.84. The van der Waals surface area contributed by atoms with E-state index in [1.165, 1.54) is 11.3 Å². The minimum absolute atomic E-state index is 0.288. The lowest BCUT2D eigenvalue weighted by Gasteiger charge is -2.33. The Kier molecular flexibility index (Phi) is 5.39. The quantitative estimate of drug-likeness (QED) is 0.832. The summed E-state index contributed by atoms with van der Waals surface area (Å²) in [6.45, 7) is 9.41. The average molecular weight is 282 g/mol. The third-order valence-corrected chi connectivity index (χ3v) is 4.54. The standard InChI is InChI=1S/C15H26N2OS/c1-13(2)16-10-15(6-7-18-12-15)11-17(3)9-14-5-4-8-19-14/h4-5,8,13,16H,6-7,9-12H2,1-3H3. The van der Waals surface area contributed by atoms with Gasteiger partial charge in [0.05, 0.1) is 6.61 Å². The molecular weight excluding hydrogens is 256 g/mol. The van der Waals surface area contributed by atoms with Gasteiger partial charge in [0, 0.05) is 42.6 Å². The van der Waals surface area contributed by atoms with Gasteiger partial charge in [0.1, 0.15) is 0 Å². The Bertz CT molecular complexity index is 358. The predicted molar refractivity (Wildman–Crippen MR) is 81.7 cm³/mol. The van der Waals surface area contributed by atoms with Crippen molar-refractivity contribution in [3.05, 3.63) is 22.4 Å². The maximum Gasteiger partial charge on any atom is 0.0547 e. The van der Waals surface area contributed by atoms with Crippen molar-refractivity contribution in [1.29, 1.82) is 0 Å². The van der Waals surface area contributed by atoms with E-state index in [2.05, 4.69) is 48.6 Å². The van der Waals surface area contributed by atoms with Crippen molar-refractivity contribution < 1.29 is 4.74 Å². The molecular formula is C15H26N2OS. The summed E-state index contributed by atoms with van der Waals surface area (Å²) in [5.74, 6) is 0. The SMILES string of the molecule is CC(C)NCC1(CN(C)Cc2cccs2)CCOC1. The van der Waals surface area contributed by atoms with E-state index >= 15 is 0 Å². The second-order valence-electron chi connectivity index (χ2n) is 6.09. The summed E-state index contributed by atoms with van der Waals surface area (Å²) in [4.78, 5) is 3.87. The van der Waals surface area contributed by atoms with Crippen molar-refractivity contribution in [2.24, 2.45) is 5.41 Å². The number of hydrogen-bond acceptors (Lipinski definition) is 4. The van der Waals surface area contributed by atoms with Crippen LogP contribution in [0.2, 0.25) is 0 Å². The number of rotatable bonds is 7. The predicted octanol–water partition coefficient (Wildman–Crippen LogP) is 2.58. The second-order valence-corrected chi connectivity index (χ2v) is 7.12. The van der Waals surface area contributed by atoms with E-state index in [1.807, 2.05) is 11.3 Å². The molecule has 1 aliphatic rings. The lowest BCUT2D eigenvalue weighted by atomic mass is 9.86. The highest BCUT2D eigenvalue weighted by Crippen LogP contribution is 2.29. The summed E-state index contributed by atoms with van der Waals surface area (Å²) in [7, 11) is 2.22. The van der Waals surface area contributed by atoms with Crippen molar-refractivity contribution >= 4 is 11.3 Å². The molecule has 2 rings (SSSR count). The van der Waals surface area contributed by atoms with Gasteiger partial charge in [0.2, 0.25) is 0 Å². The average Bonchev–Trinajstić information content (AvgIpc) is 2.99. The van der Waals surface area contributed by atoms with Gasteiger partial charge in [0.25, 0.3) is 0 Å². The van der Waals surface area contributed by atoms with Crippen molar-refractivity contribution in [2.75, 3.05) is 33.4 Å². The van der Waals surface area contributed by atoms with Crippen LogP contribution in [-0.4, -0.2) is 44.3 Å². The molecule has 0 radical (unpaired) electrons. The van der Waals surface area contributed by atoms with E-state index in [-0.39, 0.29) is 5.41 Å². The Morgan fingerprint density at radius 2 is 2.37 bits per heavy atom. The zero-order valence-electron chi connectivity index (χ0n) is 12.3. The van der Waals surface area contributed by atoms with Crippen LogP contribution in [0, 0.1) is 5.41 Å². The number of thiophene rings is 1. The molecule has 1 N–H and O–H groups in total. The van der Waals surface area contributed by atoms with Gasteiger partial charge < -0.3 is 15.0 Å². The zero-order chi connectivity index (χ0) is 13.7. The first-order chi connectivity index (χ1) is 9.10. The Balaban J connectivity index is 1.88. The van der Waals surface area contributed by atoms with E-state index < -0.39 is 0 Å². The van der Waals surface area contributed by atoms with E-state index in [9.17, 15) is 0 Å². The molecule has 1 aliphatic heterocycles. The van der Waals surface area contributed by atoms with Crippen LogP contribution in [0.3, 0.4) is 0 Å². The van der Waals surface area contributed by atoms with E-state index in [0.717, 1.165) is 32.8 Å². The Morgan fingerprint density at radius 1 is 1.53 bits per heavy atom. The molecule has 0 saturated carbocycles. The van der Waals surface area contributed by atoms with Crippen LogP contribution in [0.4, 0.5) is 0 Å². The van der Waals surface area contributed by atoms with E-state index in [1.54, 1.807) is 0 Å². The van der Waals surface area contributed by atoms with Crippen LogP contribution in [0.25, 0.3) is 0 Å². The van der Waals surface area contributed by atoms with Crippen LogP contribution in [-0.2, 0) is 11.3 Å². The van der Waals surface area contributed by atoms with Gasteiger partial charge in [-0.1, -0.05) is 19.9 Å². The first kappa shape index (κ1) is 15.0. The zero-order valence-corrected chi connectivity index (χ0v) is 13.1. The summed E-state index contributed by atoms with van der Waals surface area (Å²) in [5.41, 5.74) is 0.288. The highest BCUT2D eigenvalue weighted by atomic mass is 32.1. The van der Waals surface area contributed by atoms with Gasteiger partial charge in [0.15, 0.2) is 0 Å². The van der Waals surface area contributed by atoms with Crippen LogP contribution >= 0.6 is 11.3 Å². The fourth-order valence-electron chi connectivity index (χ4n) is 2.69. The lowest BCUT2D eigenvalue weighted by molar-refractivity contribution is 0.115. The number of hydrogen-bond donors (Lipinski definition) is 1. The fraction of sp³-hybridized carbons (Fsp3) is 0.733. The molecule has 0 bridgehead atoms. The van der Waals surface area contributed by atoms with Gasteiger partial charge in [-0.15, -0.1) is 11.3 Å². The molecule has 1 unspecified atom stereocenters. The van der Waals surface area contributed by atoms with Crippen LogP contribution < -0.4 is 5.32 Å². The van der Waals surface area contributed by atoms with Crippen molar-refractivity contribution in [3.8, 4) is 0 Å². The topological polar surface area (TPSA) is 24.5 Å². The normalized spacial score (nSPS) is 23.6. The summed E-state index contributed by atoms with van der Waals surface area (Å²) in [6, 6.07) is 4.88. The van der Waals surface area contributed by atoms with Gasteiger partial charge in [-0.3, -0.25) is 0 Å². The summed E-state index contributed by atoms with van der Waals surface area (Å²) >= 11 is 1.84. The highest BCUT2D eigenvalue weighted by molar-refractivity contribution is 7.09. The first-order valence-corrected chi connectivity index (χ1v) is 8.00. The molecule has 3 nitrogen and oxygen atoms in total. The van der Waals surface area contributed by atoms with Crippen LogP contribution in [0.5, 0.6) is 0 Å². The minimum atomic E-state index is 0.288. The first-order valence-electron chi connectivity index (χ1n) is 7.12. The number of ether oxygens (including phenoxy) is 1. The number of nitrogens with zero attached hydrogens (tertiary/aromatic N) is 1. The van der Waals surface area contributed by atoms with Gasteiger partial charge in [-0.25, -0.2) is 0 Å².